The van der Waals surface area contributed by atoms with Crippen LogP contribution in [0.15, 0.2) is 109 Å². The number of para-hydroxylation sites is 4. The zero-order valence-corrected chi connectivity index (χ0v) is 33.8. The number of benzene rings is 6. The summed E-state index contributed by atoms with van der Waals surface area (Å²) in [5, 5.41) is 1.84. The van der Waals surface area contributed by atoms with E-state index in [1.54, 1.807) is 0 Å². The van der Waals surface area contributed by atoms with E-state index >= 15 is 0 Å². The smallest absolute Gasteiger partial charge is 0.394 e. The molecular weight excluding hydrogens is 718 g/mol. The fourth-order valence-electron chi connectivity index (χ4n) is 6.19. The van der Waals surface area contributed by atoms with Crippen molar-refractivity contribution in [2.24, 2.45) is 0 Å². The van der Waals surface area contributed by atoms with Gasteiger partial charge in [0, 0.05) is 0 Å². The Kier molecular flexibility index (Phi) is 11.7. The van der Waals surface area contributed by atoms with Gasteiger partial charge in [0.1, 0.15) is 23.0 Å². The van der Waals surface area contributed by atoms with Gasteiger partial charge in [-0.3, -0.25) is 9.05 Å². The number of phosphoric ester groups is 2. The molecule has 0 bridgehead atoms. The van der Waals surface area contributed by atoms with E-state index in [0.717, 1.165) is 66.4 Å². The minimum absolute atomic E-state index is 0.0254. The Morgan fingerprint density at radius 3 is 0.852 bits per heavy atom. The Bertz CT molecular complexity index is 2060. The molecule has 0 aliphatic heterocycles. The highest BCUT2D eigenvalue weighted by molar-refractivity contribution is 7.49. The summed E-state index contributed by atoms with van der Waals surface area (Å²) in [6.45, 7) is 15.1. The molecular formula is C44H46O8P2. The molecule has 0 saturated carbocycles. The van der Waals surface area contributed by atoms with Crippen molar-refractivity contribution < 1.29 is 36.3 Å². The van der Waals surface area contributed by atoms with E-state index in [2.05, 4.69) is 0 Å². The molecule has 10 heteroatoms. The maximum absolute atomic E-state index is 14.4. The zero-order chi connectivity index (χ0) is 38.6. The molecule has 6 rings (SSSR count). The van der Waals surface area contributed by atoms with Gasteiger partial charge in [0.15, 0.2) is 0 Å². The van der Waals surface area contributed by atoms with Gasteiger partial charge in [-0.2, -0.15) is 0 Å². The third-order valence-electron chi connectivity index (χ3n) is 9.20. The molecule has 0 fully saturated rings. The van der Waals surface area contributed by atoms with Crippen LogP contribution in [0.1, 0.15) is 55.6 Å². The second-order valence-corrected chi connectivity index (χ2v) is 16.7. The minimum Gasteiger partial charge on any atom is -0.394 e. The van der Waals surface area contributed by atoms with E-state index in [1.807, 2.05) is 165 Å². The summed E-state index contributed by atoms with van der Waals surface area (Å²) in [6.07, 6.45) is 0. The molecule has 0 saturated heterocycles. The molecule has 0 unspecified atom stereocenters. The van der Waals surface area contributed by atoms with Crippen molar-refractivity contribution >= 4 is 26.4 Å². The molecule has 8 nitrogen and oxygen atoms in total. The maximum Gasteiger partial charge on any atom is 0.587 e. The topological polar surface area (TPSA) is 89.5 Å². The molecule has 0 aliphatic carbocycles. The lowest BCUT2D eigenvalue weighted by molar-refractivity contribution is 0.199. The number of hydrogen-bond acceptors (Lipinski definition) is 8. The summed E-state index contributed by atoms with van der Waals surface area (Å²) < 4.78 is 65.3. The zero-order valence-electron chi connectivity index (χ0n) is 32.0. The molecule has 0 atom stereocenters. The summed E-state index contributed by atoms with van der Waals surface area (Å²) in [4.78, 5) is 0. The molecule has 6 aromatic carbocycles. The van der Waals surface area contributed by atoms with E-state index in [-0.39, 0.29) is 13.2 Å². The molecule has 280 valence electrons. The normalized spacial score (nSPS) is 11.8. The van der Waals surface area contributed by atoms with Gasteiger partial charge in [0.05, 0.1) is 13.2 Å². The Labute approximate surface area is 318 Å². The minimum atomic E-state index is -4.16. The highest BCUT2D eigenvalue weighted by atomic mass is 31.2. The average Bonchev–Trinajstić information content (AvgIpc) is 3.13. The van der Waals surface area contributed by atoms with Crippen LogP contribution in [0.4, 0.5) is 0 Å². The first-order valence-electron chi connectivity index (χ1n) is 17.8. The molecule has 0 aliphatic rings. The van der Waals surface area contributed by atoms with Crippen molar-refractivity contribution in [3.63, 3.8) is 0 Å². The van der Waals surface area contributed by atoms with Gasteiger partial charge in [-0.05, 0) is 134 Å². The van der Waals surface area contributed by atoms with Crippen molar-refractivity contribution in [3.05, 3.63) is 165 Å². The largest absolute Gasteiger partial charge is 0.587 e. The molecule has 0 heterocycles. The maximum atomic E-state index is 14.4. The van der Waals surface area contributed by atoms with Crippen LogP contribution in [-0.2, 0) is 31.4 Å². The van der Waals surface area contributed by atoms with E-state index in [9.17, 15) is 9.13 Å². The second kappa shape index (κ2) is 16.3. The number of phosphoric acid groups is 2. The second-order valence-electron chi connectivity index (χ2n) is 13.7. The number of rotatable bonds is 14. The standard InChI is InChI=1S/C44H46O8P2/c1-29-13-9-14-30(2)41(29)49-53(45,50-42-31(3)15-10-16-32(42)4)47-27-37-21-23-40-26-38(22-24-39(40)25-37)28-48-54(46,51-43-33(5)17-11-18-34(43)6)52-44-35(7)19-12-20-36(44)8/h9-26H,27-28H2,1-8H3. The Balaban J connectivity index is 1.22. The van der Waals surface area contributed by atoms with Crippen LogP contribution in [-0.4, -0.2) is 0 Å². The van der Waals surface area contributed by atoms with Crippen LogP contribution < -0.4 is 18.1 Å². The van der Waals surface area contributed by atoms with Crippen LogP contribution in [0, 0.1) is 55.4 Å². The first kappa shape index (κ1) is 38.9. The summed E-state index contributed by atoms with van der Waals surface area (Å²) in [5.41, 5.74) is 8.10. The lowest BCUT2D eigenvalue weighted by atomic mass is 10.0. The fourth-order valence-corrected chi connectivity index (χ4v) is 9.14. The summed E-state index contributed by atoms with van der Waals surface area (Å²) in [7, 11) is -8.32. The highest BCUT2D eigenvalue weighted by Crippen LogP contribution is 2.54. The van der Waals surface area contributed by atoms with Gasteiger partial charge < -0.3 is 18.1 Å². The van der Waals surface area contributed by atoms with Crippen molar-refractivity contribution in [2.75, 3.05) is 0 Å². The fraction of sp³-hybridized carbons (Fsp3) is 0.227. The average molecular weight is 765 g/mol. The quantitative estimate of drug-likeness (QED) is 0.101. The Hall–Kier alpha value is -4.84. The lowest BCUT2D eigenvalue weighted by Gasteiger charge is -2.23. The van der Waals surface area contributed by atoms with Gasteiger partial charge in [-0.25, -0.2) is 9.13 Å². The number of fused-ring (bicyclic) bond motifs is 1. The summed E-state index contributed by atoms with van der Waals surface area (Å²) in [6, 6.07) is 34.4. The first-order valence-corrected chi connectivity index (χ1v) is 20.7. The predicted molar refractivity (Wildman–Crippen MR) is 215 cm³/mol. The first-order chi connectivity index (χ1) is 25.7. The molecule has 54 heavy (non-hydrogen) atoms. The van der Waals surface area contributed by atoms with Gasteiger partial charge in [0.2, 0.25) is 0 Å². The highest BCUT2D eigenvalue weighted by Gasteiger charge is 2.35. The third kappa shape index (κ3) is 9.09. The van der Waals surface area contributed by atoms with Gasteiger partial charge in [0.25, 0.3) is 0 Å². The van der Waals surface area contributed by atoms with Crippen molar-refractivity contribution in [1.82, 2.24) is 0 Å². The summed E-state index contributed by atoms with van der Waals surface area (Å²) in [5.74, 6) is 1.85. The van der Waals surface area contributed by atoms with Gasteiger partial charge in [-0.15, -0.1) is 0 Å². The van der Waals surface area contributed by atoms with E-state index < -0.39 is 15.6 Å². The third-order valence-corrected chi connectivity index (χ3v) is 11.7. The van der Waals surface area contributed by atoms with Crippen molar-refractivity contribution in [3.8, 4) is 23.0 Å². The number of aryl methyl sites for hydroxylation is 8. The van der Waals surface area contributed by atoms with Crippen LogP contribution >= 0.6 is 15.6 Å². The monoisotopic (exact) mass is 764 g/mol. The molecule has 0 N–H and O–H groups in total. The van der Waals surface area contributed by atoms with Crippen LogP contribution in [0.3, 0.4) is 0 Å². The van der Waals surface area contributed by atoms with Gasteiger partial charge in [-0.1, -0.05) is 97.1 Å². The molecule has 0 spiro atoms. The van der Waals surface area contributed by atoms with E-state index in [4.69, 9.17) is 27.1 Å². The van der Waals surface area contributed by atoms with E-state index in [0.29, 0.717) is 23.0 Å². The van der Waals surface area contributed by atoms with Crippen molar-refractivity contribution in [1.29, 1.82) is 0 Å². The SMILES string of the molecule is Cc1cccc(C)c1OP(=O)(OCc1ccc2cc(COP(=O)(Oc3c(C)cccc3C)Oc3c(C)cccc3C)ccc2c1)Oc1c(C)cccc1C. The summed E-state index contributed by atoms with van der Waals surface area (Å²) >= 11 is 0. The van der Waals surface area contributed by atoms with Gasteiger partial charge >= 0.3 is 15.6 Å². The van der Waals surface area contributed by atoms with Crippen LogP contribution in [0.2, 0.25) is 0 Å². The number of hydrogen-bond donors (Lipinski definition) is 0. The Morgan fingerprint density at radius 1 is 0.370 bits per heavy atom. The molecule has 0 radical (unpaired) electrons. The van der Waals surface area contributed by atoms with Crippen LogP contribution in [0.5, 0.6) is 23.0 Å². The molecule has 0 amide bonds. The molecule has 0 aromatic heterocycles. The van der Waals surface area contributed by atoms with Crippen LogP contribution in [0.25, 0.3) is 10.8 Å². The van der Waals surface area contributed by atoms with Crippen molar-refractivity contribution in [2.45, 2.75) is 68.6 Å². The Morgan fingerprint density at radius 2 is 0.611 bits per heavy atom. The predicted octanol–water partition coefficient (Wildman–Crippen LogP) is 12.9. The lowest BCUT2D eigenvalue weighted by Crippen LogP contribution is -2.08. The molecule has 6 aromatic rings. The van der Waals surface area contributed by atoms with E-state index in [1.165, 1.54) is 0 Å².